The number of fused-ring (bicyclic) bond motifs is 1. The third-order valence-electron chi connectivity index (χ3n) is 3.73. The average molecular weight is 343 g/mol. The van der Waals surface area contributed by atoms with Crippen molar-refractivity contribution in [2.45, 2.75) is 20.0 Å². The van der Waals surface area contributed by atoms with Crippen molar-refractivity contribution in [1.82, 2.24) is 0 Å². The summed E-state index contributed by atoms with van der Waals surface area (Å²) in [6, 6.07) is 13.8. The number of ether oxygens (including phenoxy) is 1. The van der Waals surface area contributed by atoms with Crippen LogP contribution in [0.4, 0.5) is 0 Å². The molecule has 0 bridgehead atoms. The zero-order valence-corrected chi connectivity index (χ0v) is 14.0. The second-order valence-corrected chi connectivity index (χ2v) is 5.90. The highest BCUT2D eigenvalue weighted by molar-refractivity contribution is 6.30. The molecule has 3 aromatic rings. The first kappa shape index (κ1) is 16.3. The van der Waals surface area contributed by atoms with Gasteiger partial charge < -0.3 is 9.15 Å². The molecule has 0 unspecified atom stereocenters. The molecule has 4 nitrogen and oxygen atoms in total. The highest BCUT2D eigenvalue weighted by Crippen LogP contribution is 2.32. The van der Waals surface area contributed by atoms with Gasteiger partial charge in [-0.05, 0) is 50.2 Å². The number of para-hydroxylation sites is 1. The van der Waals surface area contributed by atoms with Gasteiger partial charge in [-0.1, -0.05) is 23.7 Å². The van der Waals surface area contributed by atoms with Crippen LogP contribution in [0.25, 0.3) is 22.3 Å². The van der Waals surface area contributed by atoms with Crippen molar-refractivity contribution in [3.05, 3.63) is 63.8 Å². The molecule has 0 radical (unpaired) electrons. The highest BCUT2D eigenvalue weighted by atomic mass is 35.5. The Hall–Kier alpha value is -2.59. The number of halogens is 1. The Kier molecular flexibility index (Phi) is 4.40. The van der Waals surface area contributed by atoms with Crippen molar-refractivity contribution in [2.75, 3.05) is 0 Å². The van der Waals surface area contributed by atoms with Gasteiger partial charge in [0.2, 0.25) is 11.2 Å². The molecule has 0 amide bonds. The van der Waals surface area contributed by atoms with E-state index in [4.69, 9.17) is 20.8 Å². The first-order valence-electron chi connectivity index (χ1n) is 7.46. The van der Waals surface area contributed by atoms with E-state index in [-0.39, 0.29) is 22.7 Å². The fraction of sp³-hybridized carbons (Fsp3) is 0.158. The standard InChI is InChI=1S/C19H15ClO4/c1-11(21)12(2)23-19-17(22)15-5-3-4-6-16(15)24-18(19)13-7-9-14(20)10-8-13/h3-10,12H,1-2H3/t12-/m1/s1. The summed E-state index contributed by atoms with van der Waals surface area (Å²) < 4.78 is 11.5. The summed E-state index contributed by atoms with van der Waals surface area (Å²) in [6.07, 6.45) is -0.750. The third-order valence-corrected chi connectivity index (χ3v) is 3.98. The smallest absolute Gasteiger partial charge is 0.235 e. The minimum absolute atomic E-state index is 0.0266. The maximum atomic E-state index is 12.8. The van der Waals surface area contributed by atoms with Crippen LogP contribution < -0.4 is 10.2 Å². The Labute approximate surface area is 143 Å². The second kappa shape index (κ2) is 6.49. The van der Waals surface area contributed by atoms with E-state index in [9.17, 15) is 9.59 Å². The minimum Gasteiger partial charge on any atom is -0.475 e. The summed E-state index contributed by atoms with van der Waals surface area (Å²) in [7, 11) is 0. The predicted octanol–water partition coefficient (Wildman–Crippen LogP) is 4.47. The molecule has 0 aliphatic carbocycles. The number of carbonyl (C=O) groups excluding carboxylic acids is 1. The number of carbonyl (C=O) groups is 1. The number of hydrogen-bond donors (Lipinski definition) is 0. The van der Waals surface area contributed by atoms with Crippen LogP contribution in [0.2, 0.25) is 5.02 Å². The quantitative estimate of drug-likeness (QED) is 0.702. The van der Waals surface area contributed by atoms with Crippen LogP contribution in [0.5, 0.6) is 5.75 Å². The molecule has 1 atom stereocenters. The Balaban J connectivity index is 2.26. The van der Waals surface area contributed by atoms with Crippen LogP contribution in [0, 0.1) is 0 Å². The summed E-state index contributed by atoms with van der Waals surface area (Å²) >= 11 is 5.92. The summed E-state index contributed by atoms with van der Waals surface area (Å²) in [5, 5.41) is 0.974. The number of Topliss-reactive ketones (excluding diaryl/α,β-unsaturated/α-hetero) is 1. The van der Waals surface area contributed by atoms with E-state index in [1.54, 1.807) is 55.5 Å². The highest BCUT2D eigenvalue weighted by Gasteiger charge is 2.21. The van der Waals surface area contributed by atoms with Crippen LogP contribution in [-0.2, 0) is 4.79 Å². The molecule has 2 aromatic carbocycles. The van der Waals surface area contributed by atoms with Gasteiger partial charge in [-0.15, -0.1) is 0 Å². The largest absolute Gasteiger partial charge is 0.475 e. The van der Waals surface area contributed by atoms with Crippen molar-refractivity contribution < 1.29 is 13.9 Å². The van der Waals surface area contributed by atoms with E-state index < -0.39 is 6.10 Å². The van der Waals surface area contributed by atoms with E-state index in [0.29, 0.717) is 21.6 Å². The number of rotatable bonds is 4. The monoisotopic (exact) mass is 342 g/mol. The Morgan fingerprint density at radius 2 is 1.79 bits per heavy atom. The van der Waals surface area contributed by atoms with Gasteiger partial charge in [0.15, 0.2) is 17.6 Å². The molecule has 1 heterocycles. The van der Waals surface area contributed by atoms with Crippen LogP contribution in [0.1, 0.15) is 13.8 Å². The molecule has 3 rings (SSSR count). The lowest BCUT2D eigenvalue weighted by Crippen LogP contribution is -2.24. The molecule has 0 saturated carbocycles. The van der Waals surface area contributed by atoms with E-state index in [0.717, 1.165) is 0 Å². The topological polar surface area (TPSA) is 56.5 Å². The van der Waals surface area contributed by atoms with Crippen molar-refractivity contribution in [3.8, 4) is 17.1 Å². The maximum absolute atomic E-state index is 12.8. The number of ketones is 1. The fourth-order valence-corrected chi connectivity index (χ4v) is 2.41. The molecule has 0 aliphatic heterocycles. The van der Waals surface area contributed by atoms with Gasteiger partial charge in [-0.2, -0.15) is 0 Å². The summed E-state index contributed by atoms with van der Waals surface area (Å²) in [5.74, 6) is 0.131. The zero-order chi connectivity index (χ0) is 17.3. The normalized spacial score (nSPS) is 12.1. The molecular formula is C19H15ClO4. The van der Waals surface area contributed by atoms with Gasteiger partial charge in [-0.25, -0.2) is 0 Å². The third kappa shape index (κ3) is 3.05. The van der Waals surface area contributed by atoms with E-state index in [2.05, 4.69) is 0 Å². The Morgan fingerprint density at radius 3 is 2.46 bits per heavy atom. The number of hydrogen-bond acceptors (Lipinski definition) is 4. The summed E-state index contributed by atoms with van der Waals surface area (Å²) in [6.45, 7) is 3.01. The van der Waals surface area contributed by atoms with E-state index in [1.165, 1.54) is 6.92 Å². The molecule has 0 aliphatic rings. The van der Waals surface area contributed by atoms with Gasteiger partial charge in [0.05, 0.1) is 5.39 Å². The predicted molar refractivity (Wildman–Crippen MR) is 93.7 cm³/mol. The second-order valence-electron chi connectivity index (χ2n) is 5.46. The Morgan fingerprint density at radius 1 is 1.12 bits per heavy atom. The van der Waals surface area contributed by atoms with E-state index in [1.807, 2.05) is 0 Å². The molecule has 122 valence electrons. The lowest BCUT2D eigenvalue weighted by atomic mass is 10.1. The van der Waals surface area contributed by atoms with Crippen molar-refractivity contribution in [1.29, 1.82) is 0 Å². The lowest BCUT2D eigenvalue weighted by molar-refractivity contribution is -0.122. The maximum Gasteiger partial charge on any atom is 0.235 e. The molecular weight excluding hydrogens is 328 g/mol. The van der Waals surface area contributed by atoms with Gasteiger partial charge >= 0.3 is 0 Å². The SMILES string of the molecule is CC(=O)[C@@H](C)Oc1c(-c2ccc(Cl)cc2)oc2ccccc2c1=O. The summed E-state index contributed by atoms with van der Waals surface area (Å²) in [4.78, 5) is 24.4. The van der Waals surface area contributed by atoms with Crippen LogP contribution in [-0.4, -0.2) is 11.9 Å². The van der Waals surface area contributed by atoms with Crippen LogP contribution >= 0.6 is 11.6 Å². The van der Waals surface area contributed by atoms with Gasteiger partial charge in [0, 0.05) is 10.6 Å². The van der Waals surface area contributed by atoms with E-state index >= 15 is 0 Å². The van der Waals surface area contributed by atoms with Crippen LogP contribution in [0.3, 0.4) is 0 Å². The minimum atomic E-state index is -0.750. The molecule has 0 saturated heterocycles. The zero-order valence-electron chi connectivity index (χ0n) is 13.2. The van der Waals surface area contributed by atoms with Crippen LogP contribution in [0.15, 0.2) is 57.7 Å². The van der Waals surface area contributed by atoms with Gasteiger partial charge in [-0.3, -0.25) is 9.59 Å². The van der Waals surface area contributed by atoms with Crippen molar-refractivity contribution in [3.63, 3.8) is 0 Å². The lowest BCUT2D eigenvalue weighted by Gasteiger charge is -2.15. The number of benzene rings is 2. The molecule has 24 heavy (non-hydrogen) atoms. The van der Waals surface area contributed by atoms with Gasteiger partial charge in [0.1, 0.15) is 5.58 Å². The summed E-state index contributed by atoms with van der Waals surface area (Å²) in [5.41, 5.74) is 0.790. The van der Waals surface area contributed by atoms with Gasteiger partial charge in [0.25, 0.3) is 0 Å². The van der Waals surface area contributed by atoms with Crippen molar-refractivity contribution >= 4 is 28.4 Å². The average Bonchev–Trinajstić information content (AvgIpc) is 2.58. The van der Waals surface area contributed by atoms with Crippen molar-refractivity contribution in [2.24, 2.45) is 0 Å². The first-order valence-corrected chi connectivity index (χ1v) is 7.84. The molecule has 0 spiro atoms. The first-order chi connectivity index (χ1) is 11.5. The molecule has 0 fully saturated rings. The molecule has 5 heteroatoms. The Bertz CT molecular complexity index is 957. The molecule has 1 aromatic heterocycles. The molecule has 0 N–H and O–H groups in total. The fourth-order valence-electron chi connectivity index (χ4n) is 2.28.